The number of hydrogen-bond acceptors (Lipinski definition) is 5. The number of rotatable bonds is 6. The number of carbonyl (C=O) groups is 2. The Morgan fingerprint density at radius 1 is 1.25 bits per heavy atom. The molecule has 1 saturated carbocycles. The maximum atomic E-state index is 12.9. The summed E-state index contributed by atoms with van der Waals surface area (Å²) >= 11 is 0. The first-order chi connectivity index (χ1) is 13.5. The van der Waals surface area contributed by atoms with Crippen LogP contribution in [-0.2, 0) is 16.6 Å². The Morgan fingerprint density at radius 3 is 2.61 bits per heavy atom. The first kappa shape index (κ1) is 20.8. The van der Waals surface area contributed by atoms with Gasteiger partial charge in [-0.1, -0.05) is 19.8 Å². The largest absolute Gasteiger partial charge is 0.352 e. The quantitative estimate of drug-likeness (QED) is 0.740. The van der Waals surface area contributed by atoms with Crippen molar-refractivity contribution in [3.63, 3.8) is 0 Å². The highest BCUT2D eigenvalue weighted by Gasteiger charge is 2.29. The van der Waals surface area contributed by atoms with E-state index in [1.807, 2.05) is 18.1 Å². The third-order valence-electron chi connectivity index (χ3n) is 5.95. The van der Waals surface area contributed by atoms with Crippen LogP contribution >= 0.6 is 0 Å². The highest BCUT2D eigenvalue weighted by molar-refractivity contribution is 5.83. The van der Waals surface area contributed by atoms with E-state index in [2.05, 4.69) is 27.6 Å². The molecule has 156 valence electrons. The van der Waals surface area contributed by atoms with Crippen molar-refractivity contribution in [2.75, 3.05) is 39.8 Å². The minimum atomic E-state index is -0.378. The van der Waals surface area contributed by atoms with Gasteiger partial charge >= 0.3 is 0 Å². The maximum Gasteiger partial charge on any atom is 0.244 e. The fourth-order valence-electron chi connectivity index (χ4n) is 4.37. The highest BCUT2D eigenvalue weighted by atomic mass is 16.2. The van der Waals surface area contributed by atoms with Gasteiger partial charge in [0.2, 0.25) is 11.8 Å². The Hall–Kier alpha value is -1.93. The van der Waals surface area contributed by atoms with Crippen molar-refractivity contribution in [3.05, 3.63) is 18.0 Å². The first-order valence-corrected chi connectivity index (χ1v) is 10.4. The van der Waals surface area contributed by atoms with Gasteiger partial charge in [0, 0.05) is 51.0 Å². The molecule has 2 amide bonds. The summed E-state index contributed by atoms with van der Waals surface area (Å²) in [7, 11) is 3.64. The third kappa shape index (κ3) is 5.32. The number of carbonyl (C=O) groups excluding carboxylic acids is 2. The van der Waals surface area contributed by atoms with Gasteiger partial charge in [-0.2, -0.15) is 5.10 Å². The third-order valence-corrected chi connectivity index (χ3v) is 5.95. The van der Waals surface area contributed by atoms with Gasteiger partial charge in [0.15, 0.2) is 0 Å². The van der Waals surface area contributed by atoms with Gasteiger partial charge in [-0.05, 0) is 25.8 Å². The number of nitrogens with one attached hydrogen (secondary N) is 2. The molecule has 2 heterocycles. The smallest absolute Gasteiger partial charge is 0.244 e. The van der Waals surface area contributed by atoms with E-state index in [0.717, 1.165) is 31.5 Å². The molecule has 8 nitrogen and oxygen atoms in total. The summed E-state index contributed by atoms with van der Waals surface area (Å²) in [5, 5.41) is 10.5. The Morgan fingerprint density at radius 2 is 2.00 bits per heavy atom. The lowest BCUT2D eigenvalue weighted by atomic mass is 9.87. The van der Waals surface area contributed by atoms with Gasteiger partial charge in [-0.3, -0.25) is 19.2 Å². The topological polar surface area (TPSA) is 82.5 Å². The van der Waals surface area contributed by atoms with Gasteiger partial charge in [-0.25, -0.2) is 0 Å². The maximum absolute atomic E-state index is 12.9. The van der Waals surface area contributed by atoms with Crippen molar-refractivity contribution in [2.45, 2.75) is 44.7 Å². The molecule has 1 aromatic rings. The SMILES string of the molecule is CNC(C(=O)N1CCN(CC(=O)NC2CCCC(C)C2)CC1)c1cnn(C)c1. The normalized spacial score (nSPS) is 24.8. The zero-order valence-electron chi connectivity index (χ0n) is 17.4. The van der Waals surface area contributed by atoms with E-state index < -0.39 is 0 Å². The lowest BCUT2D eigenvalue weighted by molar-refractivity contribution is -0.135. The second kappa shape index (κ2) is 9.52. The van der Waals surface area contributed by atoms with E-state index in [9.17, 15) is 9.59 Å². The van der Waals surface area contributed by atoms with Crippen LogP contribution in [0.4, 0.5) is 0 Å². The standard InChI is InChI=1S/C20H34N6O2/c1-15-5-4-6-17(11-15)23-18(27)14-25-7-9-26(10-8-25)20(28)19(21-2)16-12-22-24(3)13-16/h12-13,15,17,19,21H,4-11,14H2,1-3H3,(H,23,27). The predicted octanol–water partition coefficient (Wildman–Crippen LogP) is 0.520. The summed E-state index contributed by atoms with van der Waals surface area (Å²) in [4.78, 5) is 29.3. The predicted molar refractivity (Wildman–Crippen MR) is 108 cm³/mol. The van der Waals surface area contributed by atoms with Crippen LogP contribution in [-0.4, -0.2) is 77.2 Å². The molecule has 0 bridgehead atoms. The van der Waals surface area contributed by atoms with Gasteiger partial charge in [-0.15, -0.1) is 0 Å². The number of hydrogen-bond donors (Lipinski definition) is 2. The van der Waals surface area contributed by atoms with E-state index in [1.54, 1.807) is 17.9 Å². The van der Waals surface area contributed by atoms with Gasteiger partial charge in [0.1, 0.15) is 6.04 Å². The Bertz CT molecular complexity index is 667. The Labute approximate surface area is 167 Å². The van der Waals surface area contributed by atoms with E-state index in [0.29, 0.717) is 31.6 Å². The lowest BCUT2D eigenvalue weighted by Crippen LogP contribution is -2.53. The van der Waals surface area contributed by atoms with Crippen molar-refractivity contribution in [1.29, 1.82) is 0 Å². The van der Waals surface area contributed by atoms with Crippen LogP contribution in [0.3, 0.4) is 0 Å². The molecule has 28 heavy (non-hydrogen) atoms. The van der Waals surface area contributed by atoms with E-state index in [4.69, 9.17) is 0 Å². The molecule has 1 aliphatic heterocycles. The number of nitrogens with zero attached hydrogens (tertiary/aromatic N) is 4. The summed E-state index contributed by atoms with van der Waals surface area (Å²) in [5.74, 6) is 0.881. The molecular weight excluding hydrogens is 356 g/mol. The van der Waals surface area contributed by atoms with Crippen LogP contribution in [0, 0.1) is 5.92 Å². The molecule has 3 atom stereocenters. The van der Waals surface area contributed by atoms with Crippen LogP contribution in [0.2, 0.25) is 0 Å². The Kier molecular flexibility index (Phi) is 7.07. The molecule has 0 spiro atoms. The van der Waals surface area contributed by atoms with Crippen LogP contribution in [0.25, 0.3) is 0 Å². The van der Waals surface area contributed by atoms with Crippen molar-refractivity contribution in [2.24, 2.45) is 13.0 Å². The zero-order valence-corrected chi connectivity index (χ0v) is 17.4. The molecule has 3 unspecified atom stereocenters. The molecule has 3 rings (SSSR count). The number of aromatic nitrogens is 2. The zero-order chi connectivity index (χ0) is 20.1. The molecule has 8 heteroatoms. The van der Waals surface area contributed by atoms with Gasteiger partial charge in [0.05, 0.1) is 12.7 Å². The molecule has 0 aromatic carbocycles. The highest BCUT2D eigenvalue weighted by Crippen LogP contribution is 2.23. The minimum Gasteiger partial charge on any atom is -0.352 e. The molecular formula is C20H34N6O2. The summed E-state index contributed by atoms with van der Waals surface area (Å²) in [5.41, 5.74) is 0.874. The van der Waals surface area contributed by atoms with Crippen LogP contribution in [0.15, 0.2) is 12.4 Å². The van der Waals surface area contributed by atoms with Gasteiger partial charge in [0.25, 0.3) is 0 Å². The van der Waals surface area contributed by atoms with E-state index >= 15 is 0 Å². The van der Waals surface area contributed by atoms with Crippen LogP contribution < -0.4 is 10.6 Å². The summed E-state index contributed by atoms with van der Waals surface area (Å²) in [6.45, 7) is 5.42. The summed E-state index contributed by atoms with van der Waals surface area (Å²) < 4.78 is 1.70. The monoisotopic (exact) mass is 390 g/mol. The second-order valence-corrected chi connectivity index (χ2v) is 8.31. The fourth-order valence-corrected chi connectivity index (χ4v) is 4.37. The fraction of sp³-hybridized carbons (Fsp3) is 0.750. The Balaban J connectivity index is 1.44. The average molecular weight is 391 g/mol. The summed E-state index contributed by atoms with van der Waals surface area (Å²) in [6, 6.07) is -0.0492. The molecule has 0 radical (unpaired) electrons. The number of aryl methyl sites for hydroxylation is 1. The van der Waals surface area contributed by atoms with Gasteiger partial charge < -0.3 is 15.5 Å². The average Bonchev–Trinajstić information content (AvgIpc) is 3.08. The van der Waals surface area contributed by atoms with Crippen molar-refractivity contribution >= 4 is 11.8 Å². The number of amides is 2. The number of likely N-dealkylation sites (N-methyl/N-ethyl adjacent to an activating group) is 1. The van der Waals surface area contributed by atoms with E-state index in [-0.39, 0.29) is 17.9 Å². The molecule has 2 fully saturated rings. The van der Waals surface area contributed by atoms with Crippen molar-refractivity contribution in [1.82, 2.24) is 30.2 Å². The molecule has 1 aliphatic carbocycles. The summed E-state index contributed by atoms with van der Waals surface area (Å²) in [6.07, 6.45) is 8.26. The first-order valence-electron chi connectivity index (χ1n) is 10.4. The minimum absolute atomic E-state index is 0.0656. The molecule has 2 N–H and O–H groups in total. The van der Waals surface area contributed by atoms with Crippen molar-refractivity contribution < 1.29 is 9.59 Å². The molecule has 1 saturated heterocycles. The molecule has 2 aliphatic rings. The second-order valence-electron chi connectivity index (χ2n) is 8.31. The molecule has 1 aromatic heterocycles. The van der Waals surface area contributed by atoms with Crippen molar-refractivity contribution in [3.8, 4) is 0 Å². The van der Waals surface area contributed by atoms with Crippen LogP contribution in [0.1, 0.15) is 44.2 Å². The number of piperazine rings is 1. The van der Waals surface area contributed by atoms with E-state index in [1.165, 1.54) is 12.8 Å². The lowest BCUT2D eigenvalue weighted by Gasteiger charge is -2.36. The van der Waals surface area contributed by atoms with Crippen LogP contribution in [0.5, 0.6) is 0 Å².